The van der Waals surface area contributed by atoms with Crippen molar-refractivity contribution in [2.45, 2.75) is 116 Å². The maximum atomic E-state index is 14.4. The zero-order valence-corrected chi connectivity index (χ0v) is 28.8. The fraction of sp³-hybridized carbons (Fsp3) is 0.667. The Morgan fingerprint density at radius 3 is 2.19 bits per heavy atom. The van der Waals surface area contributed by atoms with E-state index in [9.17, 15) is 28.8 Å². The number of likely N-dealkylation sites (tertiary alicyclic amines) is 1. The molecule has 262 valence electrons. The zero-order valence-electron chi connectivity index (χ0n) is 28.8. The smallest absolute Gasteiger partial charge is 0.332 e. The number of primary amides is 1. The van der Waals surface area contributed by atoms with E-state index in [0.29, 0.717) is 25.8 Å². The minimum atomic E-state index is -1.21. The van der Waals surface area contributed by atoms with Gasteiger partial charge in [-0.05, 0) is 53.4 Å². The number of amides is 5. The van der Waals surface area contributed by atoms with Crippen molar-refractivity contribution in [3.05, 3.63) is 35.9 Å². The molecule has 1 aromatic carbocycles. The Morgan fingerprint density at radius 1 is 0.979 bits per heavy atom. The van der Waals surface area contributed by atoms with E-state index in [0.717, 1.165) is 37.7 Å². The first kappa shape index (κ1) is 35.3. The third kappa shape index (κ3) is 7.22. The quantitative estimate of drug-likeness (QED) is 0.196. The van der Waals surface area contributed by atoms with Gasteiger partial charge in [0.1, 0.15) is 24.2 Å². The number of piperidine rings is 1. The SMILES string of the molecule is CC(C)(C)[C@H](NC(=O)NC1(C(=O)OCc2ccccc2)CCCC1)C(=O)N1C[C@H]2[C@@H]([C@H]1C(=O)NC(CC1CCC1)C(=O)C(N)=O)C2(C)C. The van der Waals surface area contributed by atoms with E-state index in [-0.39, 0.29) is 29.8 Å². The molecule has 5 N–H and O–H groups in total. The summed E-state index contributed by atoms with van der Waals surface area (Å²) >= 11 is 0. The standard InChI is InChI=1S/C36H51N5O7/c1-34(2,3)28(39-33(47)40-36(16-9-10-17-36)32(46)48-20-22-12-7-6-8-13-22)31(45)41-19-23-25(35(23,4)5)26(41)30(44)38-24(27(42)29(37)43)18-21-14-11-15-21/h6-8,12-13,21,23-26,28H,9-11,14-20H2,1-5H3,(H2,37,43)(H,38,44)(H2,39,40,47)/t23-,24?,25-,26-,28+/m0/s1. The highest BCUT2D eigenvalue weighted by Crippen LogP contribution is 2.65. The lowest BCUT2D eigenvalue weighted by Gasteiger charge is -2.38. The number of hydrogen-bond donors (Lipinski definition) is 4. The summed E-state index contributed by atoms with van der Waals surface area (Å²) in [5.74, 6) is -3.25. The van der Waals surface area contributed by atoms with E-state index < -0.39 is 64.6 Å². The fourth-order valence-electron chi connectivity index (χ4n) is 7.95. The molecule has 12 nitrogen and oxygen atoms in total. The molecule has 1 saturated heterocycles. The molecule has 5 amide bonds. The second-order valence-electron chi connectivity index (χ2n) is 16.0. The van der Waals surface area contributed by atoms with Gasteiger partial charge in [-0.3, -0.25) is 19.2 Å². The van der Waals surface area contributed by atoms with Crippen molar-refractivity contribution >= 4 is 35.5 Å². The molecule has 3 aliphatic carbocycles. The van der Waals surface area contributed by atoms with Crippen molar-refractivity contribution in [1.82, 2.24) is 20.9 Å². The Morgan fingerprint density at radius 2 is 1.62 bits per heavy atom. The van der Waals surface area contributed by atoms with Gasteiger partial charge in [-0.15, -0.1) is 0 Å². The molecule has 4 fully saturated rings. The number of Topliss-reactive ketones (excluding diaryl/α,β-unsaturated/α-hetero) is 1. The number of ketones is 1. The Balaban J connectivity index is 1.30. The Kier molecular flexibility index (Phi) is 9.95. The van der Waals surface area contributed by atoms with Crippen molar-refractivity contribution in [3.8, 4) is 0 Å². The first-order chi connectivity index (χ1) is 22.5. The molecule has 48 heavy (non-hydrogen) atoms. The molecule has 1 aliphatic heterocycles. The van der Waals surface area contributed by atoms with Crippen molar-refractivity contribution in [3.63, 3.8) is 0 Å². The summed E-state index contributed by atoms with van der Waals surface area (Å²) in [6.07, 6.45) is 5.50. The van der Waals surface area contributed by atoms with Gasteiger partial charge in [0.15, 0.2) is 0 Å². The monoisotopic (exact) mass is 665 g/mol. The van der Waals surface area contributed by atoms with Gasteiger partial charge >= 0.3 is 12.0 Å². The van der Waals surface area contributed by atoms with Crippen LogP contribution in [0.3, 0.4) is 0 Å². The predicted molar refractivity (Wildman–Crippen MR) is 177 cm³/mol. The van der Waals surface area contributed by atoms with Crippen LogP contribution in [0.5, 0.6) is 0 Å². The van der Waals surface area contributed by atoms with Crippen LogP contribution in [-0.4, -0.2) is 70.6 Å². The Hall–Kier alpha value is -3.96. The molecular formula is C36H51N5O7. The molecule has 0 spiro atoms. The number of ether oxygens (including phenoxy) is 1. The van der Waals surface area contributed by atoms with Gasteiger partial charge in [-0.1, -0.05) is 97.1 Å². The molecule has 1 aromatic rings. The highest BCUT2D eigenvalue weighted by Gasteiger charge is 2.70. The van der Waals surface area contributed by atoms with Gasteiger partial charge in [0.2, 0.25) is 17.6 Å². The van der Waals surface area contributed by atoms with Crippen LogP contribution in [0.25, 0.3) is 0 Å². The highest BCUT2D eigenvalue weighted by atomic mass is 16.5. The van der Waals surface area contributed by atoms with E-state index >= 15 is 0 Å². The van der Waals surface area contributed by atoms with Crippen LogP contribution >= 0.6 is 0 Å². The summed E-state index contributed by atoms with van der Waals surface area (Å²) in [5.41, 5.74) is 4.00. The van der Waals surface area contributed by atoms with Crippen LogP contribution in [-0.2, 0) is 35.3 Å². The van der Waals surface area contributed by atoms with Crippen molar-refractivity contribution in [2.75, 3.05) is 6.54 Å². The van der Waals surface area contributed by atoms with Gasteiger partial charge in [-0.2, -0.15) is 0 Å². The molecule has 5 rings (SSSR count). The number of fused-ring (bicyclic) bond motifs is 1. The predicted octanol–water partition coefficient (Wildman–Crippen LogP) is 2.97. The van der Waals surface area contributed by atoms with Crippen molar-refractivity contribution in [1.29, 1.82) is 0 Å². The molecule has 0 radical (unpaired) electrons. The van der Waals surface area contributed by atoms with Gasteiger partial charge in [0.05, 0.1) is 6.04 Å². The second-order valence-corrected chi connectivity index (χ2v) is 16.0. The lowest BCUT2D eigenvalue weighted by atomic mass is 9.80. The summed E-state index contributed by atoms with van der Waals surface area (Å²) in [4.78, 5) is 81.4. The number of nitrogens with zero attached hydrogens (tertiary/aromatic N) is 1. The average Bonchev–Trinajstić information content (AvgIpc) is 3.40. The molecule has 1 heterocycles. The highest BCUT2D eigenvalue weighted by molar-refractivity contribution is 6.37. The first-order valence-electron chi connectivity index (χ1n) is 17.3. The van der Waals surface area contributed by atoms with Gasteiger partial charge < -0.3 is 31.3 Å². The molecule has 0 aromatic heterocycles. The molecule has 0 bridgehead atoms. The molecule has 1 unspecified atom stereocenters. The number of benzene rings is 1. The van der Waals surface area contributed by atoms with E-state index in [1.165, 1.54) is 4.90 Å². The number of rotatable bonds is 12. The molecule has 12 heteroatoms. The van der Waals surface area contributed by atoms with Crippen LogP contribution in [0.2, 0.25) is 0 Å². The van der Waals surface area contributed by atoms with Crippen LogP contribution in [0.4, 0.5) is 4.79 Å². The van der Waals surface area contributed by atoms with Gasteiger partial charge in [0, 0.05) is 6.54 Å². The average molecular weight is 666 g/mol. The summed E-state index contributed by atoms with van der Waals surface area (Å²) in [7, 11) is 0. The van der Waals surface area contributed by atoms with Crippen LogP contribution in [0.15, 0.2) is 30.3 Å². The second kappa shape index (κ2) is 13.5. The number of carbonyl (C=O) groups is 6. The summed E-state index contributed by atoms with van der Waals surface area (Å²) in [6.45, 7) is 9.97. The van der Waals surface area contributed by atoms with Crippen LogP contribution in [0.1, 0.15) is 91.5 Å². The zero-order chi connectivity index (χ0) is 35.0. The number of urea groups is 1. The van der Waals surface area contributed by atoms with E-state index in [1.807, 2.05) is 51.1 Å². The van der Waals surface area contributed by atoms with Crippen LogP contribution < -0.4 is 21.7 Å². The van der Waals surface area contributed by atoms with Crippen LogP contribution in [0, 0.1) is 28.6 Å². The van der Waals surface area contributed by atoms with Gasteiger partial charge in [0.25, 0.3) is 5.91 Å². The van der Waals surface area contributed by atoms with E-state index in [4.69, 9.17) is 10.5 Å². The third-order valence-electron chi connectivity index (χ3n) is 11.2. The summed E-state index contributed by atoms with van der Waals surface area (Å²) < 4.78 is 5.64. The Labute approximate surface area is 282 Å². The maximum Gasteiger partial charge on any atom is 0.332 e. The largest absolute Gasteiger partial charge is 0.459 e. The lowest BCUT2D eigenvalue weighted by Crippen LogP contribution is -2.63. The van der Waals surface area contributed by atoms with Crippen molar-refractivity contribution < 1.29 is 33.5 Å². The number of esters is 1. The third-order valence-corrected chi connectivity index (χ3v) is 11.2. The molecule has 5 atom stereocenters. The molecular weight excluding hydrogens is 614 g/mol. The normalized spacial score (nSPS) is 25.1. The number of hydrogen-bond acceptors (Lipinski definition) is 7. The number of nitrogens with two attached hydrogens (primary N) is 1. The fourth-order valence-corrected chi connectivity index (χ4v) is 7.95. The van der Waals surface area contributed by atoms with E-state index in [1.54, 1.807) is 0 Å². The lowest BCUT2D eigenvalue weighted by molar-refractivity contribution is -0.152. The minimum Gasteiger partial charge on any atom is -0.459 e. The molecule has 3 saturated carbocycles. The first-order valence-corrected chi connectivity index (χ1v) is 17.3. The summed E-state index contributed by atoms with van der Waals surface area (Å²) in [5, 5.41) is 8.50. The maximum absolute atomic E-state index is 14.4. The number of carbonyl (C=O) groups excluding carboxylic acids is 6. The topological polar surface area (TPSA) is 177 Å². The van der Waals surface area contributed by atoms with Crippen molar-refractivity contribution in [2.24, 2.45) is 34.3 Å². The molecule has 4 aliphatic rings. The van der Waals surface area contributed by atoms with Gasteiger partial charge in [-0.25, -0.2) is 9.59 Å². The Bertz CT molecular complexity index is 1430. The summed E-state index contributed by atoms with van der Waals surface area (Å²) in [6, 6.07) is 5.67. The minimum absolute atomic E-state index is 0.0599. The van der Waals surface area contributed by atoms with E-state index in [2.05, 4.69) is 29.8 Å². The number of nitrogens with one attached hydrogen (secondary N) is 3.